The fraction of sp³-hybridized carbons (Fsp3) is 0.600. The van der Waals surface area contributed by atoms with E-state index in [4.69, 9.17) is 14.6 Å². The monoisotopic (exact) mass is 356 g/mol. The van der Waals surface area contributed by atoms with E-state index >= 15 is 0 Å². The van der Waals surface area contributed by atoms with Crippen LogP contribution in [0.25, 0.3) is 0 Å². The second-order valence-corrected chi connectivity index (χ2v) is 6.28. The molecule has 0 aromatic heterocycles. The van der Waals surface area contributed by atoms with Crippen molar-refractivity contribution in [3.8, 4) is 11.5 Å². The van der Waals surface area contributed by atoms with Gasteiger partial charge in [-0.25, -0.2) is 0 Å². The molecule has 0 unspecified atom stereocenters. The van der Waals surface area contributed by atoms with Crippen LogP contribution in [0.2, 0.25) is 0 Å². The number of nitrogens with zero attached hydrogens (tertiary/aromatic N) is 2. The third-order valence-corrected chi connectivity index (χ3v) is 4.72. The van der Waals surface area contributed by atoms with E-state index in [1.165, 1.54) is 5.56 Å². The molecule has 0 aliphatic carbocycles. The number of aliphatic hydroxyl groups is 1. The normalized spacial score (nSPS) is 19.7. The summed E-state index contributed by atoms with van der Waals surface area (Å²) in [5, 5.41) is 8.98. The van der Waals surface area contributed by atoms with Crippen molar-refractivity contribution in [1.82, 2.24) is 9.80 Å². The number of benzene rings is 1. The zero-order valence-electron chi connectivity index (χ0n) is 12.1. The van der Waals surface area contributed by atoms with Gasteiger partial charge < -0.3 is 14.6 Å². The Balaban J connectivity index is 1.63. The topological polar surface area (TPSA) is 45.2 Å². The second kappa shape index (κ2) is 6.96. The van der Waals surface area contributed by atoms with Crippen molar-refractivity contribution < 1.29 is 14.6 Å². The molecule has 3 rings (SSSR count). The first-order valence-electron chi connectivity index (χ1n) is 7.40. The van der Waals surface area contributed by atoms with Crippen LogP contribution >= 0.6 is 15.9 Å². The Hall–Kier alpha value is -0.820. The summed E-state index contributed by atoms with van der Waals surface area (Å²) < 4.78 is 12.3. The highest BCUT2D eigenvalue weighted by Gasteiger charge is 2.19. The molecule has 1 N–H and O–H groups in total. The maximum absolute atomic E-state index is 8.98. The Morgan fingerprint density at radius 2 is 1.62 bits per heavy atom. The average Bonchev–Trinajstić information content (AvgIpc) is 2.50. The minimum atomic E-state index is 0.244. The summed E-state index contributed by atoms with van der Waals surface area (Å²) in [6.07, 6.45) is 0. The lowest BCUT2D eigenvalue weighted by Gasteiger charge is -2.34. The molecule has 2 aliphatic heterocycles. The Morgan fingerprint density at radius 3 is 2.29 bits per heavy atom. The lowest BCUT2D eigenvalue weighted by atomic mass is 10.1. The van der Waals surface area contributed by atoms with Crippen molar-refractivity contribution in [3.05, 3.63) is 22.2 Å². The number of hydrogen-bond acceptors (Lipinski definition) is 5. The molecule has 0 bridgehead atoms. The van der Waals surface area contributed by atoms with Crippen LogP contribution in [-0.2, 0) is 6.54 Å². The van der Waals surface area contributed by atoms with Gasteiger partial charge in [-0.05, 0) is 17.7 Å². The number of piperazine rings is 1. The molecule has 2 heterocycles. The van der Waals surface area contributed by atoms with Gasteiger partial charge in [-0.15, -0.1) is 0 Å². The van der Waals surface area contributed by atoms with Crippen LogP contribution in [0, 0.1) is 0 Å². The molecule has 0 radical (unpaired) electrons. The molecule has 0 atom stereocenters. The highest BCUT2D eigenvalue weighted by molar-refractivity contribution is 9.10. The highest BCUT2D eigenvalue weighted by atomic mass is 79.9. The van der Waals surface area contributed by atoms with E-state index in [0.29, 0.717) is 13.2 Å². The number of fused-ring (bicyclic) bond motifs is 1. The summed E-state index contributed by atoms with van der Waals surface area (Å²) in [4.78, 5) is 4.74. The molecule has 1 aromatic rings. The Morgan fingerprint density at radius 1 is 1.00 bits per heavy atom. The second-order valence-electron chi connectivity index (χ2n) is 5.43. The maximum atomic E-state index is 8.98. The fourth-order valence-electron chi connectivity index (χ4n) is 2.78. The smallest absolute Gasteiger partial charge is 0.162 e. The first-order chi connectivity index (χ1) is 10.3. The highest BCUT2D eigenvalue weighted by Crippen LogP contribution is 2.36. The van der Waals surface area contributed by atoms with Crippen molar-refractivity contribution in [2.24, 2.45) is 0 Å². The van der Waals surface area contributed by atoms with Crippen LogP contribution < -0.4 is 9.47 Å². The predicted molar refractivity (Wildman–Crippen MR) is 83.9 cm³/mol. The molecule has 0 spiro atoms. The maximum Gasteiger partial charge on any atom is 0.162 e. The van der Waals surface area contributed by atoms with Gasteiger partial charge in [0.2, 0.25) is 0 Å². The van der Waals surface area contributed by atoms with Crippen molar-refractivity contribution in [3.63, 3.8) is 0 Å². The lowest BCUT2D eigenvalue weighted by Crippen LogP contribution is -2.46. The molecule has 0 saturated carbocycles. The summed E-state index contributed by atoms with van der Waals surface area (Å²) in [5.74, 6) is 1.67. The first-order valence-corrected chi connectivity index (χ1v) is 8.19. The lowest BCUT2D eigenvalue weighted by molar-refractivity contribution is 0.108. The zero-order valence-corrected chi connectivity index (χ0v) is 13.6. The van der Waals surface area contributed by atoms with Gasteiger partial charge in [0.15, 0.2) is 11.5 Å². The fourth-order valence-corrected chi connectivity index (χ4v) is 3.23. The van der Waals surface area contributed by atoms with Gasteiger partial charge in [-0.3, -0.25) is 9.80 Å². The van der Waals surface area contributed by atoms with Crippen molar-refractivity contribution in [2.45, 2.75) is 6.54 Å². The van der Waals surface area contributed by atoms with Crippen molar-refractivity contribution in [1.29, 1.82) is 0 Å². The van der Waals surface area contributed by atoms with E-state index in [9.17, 15) is 0 Å². The summed E-state index contributed by atoms with van der Waals surface area (Å²) in [6, 6.07) is 4.09. The molecule has 5 nitrogen and oxygen atoms in total. The molecule has 0 amide bonds. The summed E-state index contributed by atoms with van der Waals surface area (Å²) in [5.41, 5.74) is 1.23. The molecule has 1 aromatic carbocycles. The first kappa shape index (κ1) is 15.1. The van der Waals surface area contributed by atoms with E-state index in [2.05, 4.69) is 31.8 Å². The third-order valence-electron chi connectivity index (χ3n) is 3.99. The van der Waals surface area contributed by atoms with Gasteiger partial charge in [-0.2, -0.15) is 0 Å². The Labute approximate surface area is 133 Å². The minimum Gasteiger partial charge on any atom is -0.486 e. The van der Waals surface area contributed by atoms with Crippen LogP contribution in [0.4, 0.5) is 0 Å². The average molecular weight is 357 g/mol. The molecule has 2 aliphatic rings. The minimum absolute atomic E-state index is 0.244. The number of β-amino-alcohol motifs (C(OH)–C–C–N with tert-alkyl or cyclic N) is 1. The number of halogens is 1. The summed E-state index contributed by atoms with van der Waals surface area (Å²) in [6.45, 7) is 7.26. The van der Waals surface area contributed by atoms with Crippen LogP contribution in [0.1, 0.15) is 5.56 Å². The van der Waals surface area contributed by atoms with Crippen molar-refractivity contribution in [2.75, 3.05) is 52.5 Å². The van der Waals surface area contributed by atoms with Crippen LogP contribution in [0.3, 0.4) is 0 Å². The standard InChI is InChI=1S/C15H21BrN2O3/c16-13-10-15-14(20-7-8-21-15)9-12(13)11-18-3-1-17(2-4-18)5-6-19/h9-10,19H,1-8,11H2. The van der Waals surface area contributed by atoms with Gasteiger partial charge in [0.25, 0.3) is 0 Å². The van der Waals surface area contributed by atoms with Crippen LogP contribution in [0.5, 0.6) is 11.5 Å². The SMILES string of the molecule is OCCN1CCN(Cc2cc3c(cc2Br)OCCO3)CC1. The van der Waals surface area contributed by atoms with Crippen LogP contribution in [-0.4, -0.2) is 67.5 Å². The quantitative estimate of drug-likeness (QED) is 0.881. The molecular formula is C15H21BrN2O3. The van der Waals surface area contributed by atoms with E-state index in [1.54, 1.807) is 0 Å². The predicted octanol–water partition coefficient (Wildman–Crippen LogP) is 1.33. The largest absolute Gasteiger partial charge is 0.486 e. The van der Waals surface area contributed by atoms with E-state index < -0.39 is 0 Å². The van der Waals surface area contributed by atoms with Crippen molar-refractivity contribution >= 4 is 15.9 Å². The van der Waals surface area contributed by atoms with Gasteiger partial charge >= 0.3 is 0 Å². The molecule has 1 saturated heterocycles. The molecule has 1 fully saturated rings. The zero-order chi connectivity index (χ0) is 14.7. The van der Waals surface area contributed by atoms with Gasteiger partial charge in [0, 0.05) is 43.7 Å². The molecular weight excluding hydrogens is 336 g/mol. The number of rotatable bonds is 4. The Kier molecular flexibility index (Phi) is 5.00. The number of aliphatic hydroxyl groups excluding tert-OH is 1. The summed E-state index contributed by atoms with van der Waals surface area (Å²) >= 11 is 3.63. The summed E-state index contributed by atoms with van der Waals surface area (Å²) in [7, 11) is 0. The van der Waals surface area contributed by atoms with Crippen LogP contribution in [0.15, 0.2) is 16.6 Å². The number of ether oxygens (including phenoxy) is 2. The number of hydrogen-bond donors (Lipinski definition) is 1. The third kappa shape index (κ3) is 3.69. The van der Waals surface area contributed by atoms with Gasteiger partial charge in [0.1, 0.15) is 13.2 Å². The van der Waals surface area contributed by atoms with E-state index in [0.717, 1.165) is 55.2 Å². The molecule has 116 valence electrons. The molecule has 21 heavy (non-hydrogen) atoms. The molecule has 6 heteroatoms. The van der Waals surface area contributed by atoms with Gasteiger partial charge in [-0.1, -0.05) is 15.9 Å². The Bertz CT molecular complexity index is 490. The van der Waals surface area contributed by atoms with Gasteiger partial charge in [0.05, 0.1) is 6.61 Å². The van der Waals surface area contributed by atoms with E-state index in [1.807, 2.05) is 6.07 Å². The van der Waals surface area contributed by atoms with E-state index in [-0.39, 0.29) is 6.61 Å².